The third-order valence-corrected chi connectivity index (χ3v) is 8.38. The predicted molar refractivity (Wildman–Crippen MR) is 140 cm³/mol. The minimum absolute atomic E-state index is 0.0863. The van der Waals surface area contributed by atoms with Crippen LogP contribution in [-0.2, 0) is 36.3 Å². The van der Waals surface area contributed by atoms with Gasteiger partial charge in [-0.25, -0.2) is 13.2 Å². The Hall–Kier alpha value is -2.91. The van der Waals surface area contributed by atoms with Crippen molar-refractivity contribution in [3.8, 4) is 0 Å². The molecule has 1 unspecified atom stereocenters. The molecule has 9 heteroatoms. The molecule has 1 aliphatic heterocycles. The molecular weight excluding hydrogens is 492 g/mol. The van der Waals surface area contributed by atoms with Crippen LogP contribution in [0.25, 0.3) is 0 Å². The number of carbonyl (C=O) groups excluding carboxylic acids is 2. The highest BCUT2D eigenvalue weighted by atomic mass is 32.2. The zero-order chi connectivity index (χ0) is 26.8. The molecule has 4 rings (SSSR count). The first kappa shape index (κ1) is 27.1. The molecule has 0 bridgehead atoms. The molecule has 1 saturated heterocycles. The number of sulfonamides is 1. The summed E-state index contributed by atoms with van der Waals surface area (Å²) in [6.07, 6.45) is 2.74. The van der Waals surface area contributed by atoms with Crippen LogP contribution in [0.2, 0.25) is 0 Å². The van der Waals surface area contributed by atoms with Gasteiger partial charge in [-0.3, -0.25) is 4.79 Å². The number of carbonyl (C=O) groups is 2. The molecule has 2 aliphatic rings. The molecule has 1 heterocycles. The monoisotopic (exact) mass is 528 g/mol. The molecule has 37 heavy (non-hydrogen) atoms. The summed E-state index contributed by atoms with van der Waals surface area (Å²) >= 11 is 0. The van der Waals surface area contributed by atoms with E-state index in [1.54, 1.807) is 4.90 Å². The van der Waals surface area contributed by atoms with Gasteiger partial charge in [-0.1, -0.05) is 54.6 Å². The van der Waals surface area contributed by atoms with E-state index in [1.165, 1.54) is 4.31 Å². The van der Waals surface area contributed by atoms with Crippen molar-refractivity contribution < 1.29 is 27.5 Å². The molecule has 1 aliphatic carbocycles. The smallest absolute Gasteiger partial charge is 0.410 e. The van der Waals surface area contributed by atoms with E-state index in [0.717, 1.165) is 22.9 Å². The molecule has 0 aromatic heterocycles. The van der Waals surface area contributed by atoms with Crippen molar-refractivity contribution in [3.63, 3.8) is 0 Å². The molecule has 2 aromatic carbocycles. The molecule has 8 nitrogen and oxygen atoms in total. The van der Waals surface area contributed by atoms with Gasteiger partial charge in [0.1, 0.15) is 18.8 Å². The highest BCUT2D eigenvalue weighted by Gasteiger charge is 2.49. The van der Waals surface area contributed by atoms with E-state index in [1.807, 2.05) is 75.4 Å². The number of hydrogen-bond acceptors (Lipinski definition) is 6. The number of benzene rings is 2. The standard InChI is InChI=1S/C28H36N2O6S/c1-27(2,3)36-26(32)29-16-14-28(15-17-29)18-24(22-12-8-9-13-23(22)28)30(37(4,33)34)19-25(31)35-20-21-10-6-5-7-11-21/h5-13,24H,14-20H2,1-4H3. The second-order valence-electron chi connectivity index (χ2n) is 11.0. The Morgan fingerprint density at radius 1 is 1.03 bits per heavy atom. The van der Waals surface area contributed by atoms with Gasteiger partial charge in [-0.05, 0) is 56.7 Å². The number of ether oxygens (including phenoxy) is 2. The maximum atomic E-state index is 12.9. The minimum atomic E-state index is -3.72. The van der Waals surface area contributed by atoms with Crippen molar-refractivity contribution in [2.45, 2.75) is 63.7 Å². The summed E-state index contributed by atoms with van der Waals surface area (Å²) in [5.41, 5.74) is 1.99. The van der Waals surface area contributed by atoms with Crippen LogP contribution in [0.3, 0.4) is 0 Å². The van der Waals surface area contributed by atoms with Crippen LogP contribution >= 0.6 is 0 Å². The molecule has 2 aromatic rings. The number of rotatable bonds is 6. The van der Waals surface area contributed by atoms with Crippen LogP contribution in [-0.4, -0.2) is 61.2 Å². The van der Waals surface area contributed by atoms with Crippen molar-refractivity contribution >= 4 is 22.1 Å². The van der Waals surface area contributed by atoms with Crippen LogP contribution in [0.5, 0.6) is 0 Å². The number of fused-ring (bicyclic) bond motifs is 2. The van der Waals surface area contributed by atoms with Gasteiger partial charge in [0.05, 0.1) is 12.3 Å². The largest absolute Gasteiger partial charge is 0.460 e. The number of nitrogens with zero attached hydrogens (tertiary/aromatic N) is 2. The van der Waals surface area contributed by atoms with Gasteiger partial charge in [0, 0.05) is 18.5 Å². The summed E-state index contributed by atoms with van der Waals surface area (Å²) in [5, 5.41) is 0. The van der Waals surface area contributed by atoms with E-state index >= 15 is 0 Å². The Balaban J connectivity index is 1.51. The zero-order valence-electron chi connectivity index (χ0n) is 22.0. The second-order valence-corrected chi connectivity index (χ2v) is 12.9. The SMILES string of the molecule is CC(C)(C)OC(=O)N1CCC2(CC1)CC(N(CC(=O)OCc1ccccc1)S(C)(=O)=O)c1ccccc12. The number of amides is 1. The van der Waals surface area contributed by atoms with Crippen molar-refractivity contribution in [1.82, 2.24) is 9.21 Å². The van der Waals surface area contributed by atoms with Gasteiger partial charge in [0.15, 0.2) is 0 Å². The van der Waals surface area contributed by atoms with Crippen molar-refractivity contribution in [1.29, 1.82) is 0 Å². The fraction of sp³-hybridized carbons (Fsp3) is 0.500. The summed E-state index contributed by atoms with van der Waals surface area (Å²) in [4.78, 5) is 27.1. The Labute approximate surface area is 219 Å². The molecular formula is C28H36N2O6S. The Bertz CT molecular complexity index is 1230. The molecule has 1 fully saturated rings. The van der Waals surface area contributed by atoms with Gasteiger partial charge >= 0.3 is 12.1 Å². The van der Waals surface area contributed by atoms with Crippen molar-refractivity contribution in [3.05, 3.63) is 71.3 Å². The topological polar surface area (TPSA) is 93.2 Å². The number of piperidine rings is 1. The summed E-state index contributed by atoms with van der Waals surface area (Å²) in [6, 6.07) is 16.7. The summed E-state index contributed by atoms with van der Waals surface area (Å²) in [7, 11) is -3.72. The summed E-state index contributed by atoms with van der Waals surface area (Å²) in [5.74, 6) is -0.590. The van der Waals surface area contributed by atoms with Crippen molar-refractivity contribution in [2.24, 2.45) is 0 Å². The third kappa shape index (κ3) is 6.33. The molecule has 200 valence electrons. The molecule has 0 radical (unpaired) electrons. The minimum Gasteiger partial charge on any atom is -0.460 e. The molecule has 1 spiro atoms. The zero-order valence-corrected chi connectivity index (χ0v) is 22.8. The number of likely N-dealkylation sites (tertiary alicyclic amines) is 1. The third-order valence-electron chi connectivity index (χ3n) is 7.15. The van der Waals surface area contributed by atoms with Gasteiger partial charge in [-0.2, -0.15) is 4.31 Å². The predicted octanol–water partition coefficient (Wildman–Crippen LogP) is 4.41. The van der Waals surface area contributed by atoms with E-state index in [4.69, 9.17) is 9.47 Å². The fourth-order valence-corrected chi connectivity index (χ4v) is 6.39. The average molecular weight is 529 g/mol. The van der Waals surface area contributed by atoms with E-state index < -0.39 is 27.6 Å². The normalized spacial score (nSPS) is 19.1. The fourth-order valence-electron chi connectivity index (χ4n) is 5.40. The second kappa shape index (κ2) is 10.5. The van der Waals surface area contributed by atoms with Crippen LogP contribution in [0.4, 0.5) is 4.79 Å². The lowest BCUT2D eigenvalue weighted by Gasteiger charge is -2.41. The molecule has 1 atom stereocenters. The Morgan fingerprint density at radius 3 is 2.27 bits per heavy atom. The number of esters is 1. The average Bonchev–Trinajstić information content (AvgIpc) is 3.14. The number of hydrogen-bond donors (Lipinski definition) is 0. The van der Waals surface area contributed by atoms with Crippen molar-refractivity contribution in [2.75, 3.05) is 25.9 Å². The summed E-state index contributed by atoms with van der Waals surface area (Å²) < 4.78 is 38.1. The van der Waals surface area contributed by atoms with E-state index in [-0.39, 0.29) is 24.7 Å². The lowest BCUT2D eigenvalue weighted by molar-refractivity contribution is -0.145. The van der Waals surface area contributed by atoms with Crippen LogP contribution < -0.4 is 0 Å². The van der Waals surface area contributed by atoms with Crippen LogP contribution in [0.1, 0.15) is 62.8 Å². The Morgan fingerprint density at radius 2 is 1.65 bits per heavy atom. The van der Waals surface area contributed by atoms with Crippen LogP contribution in [0.15, 0.2) is 54.6 Å². The van der Waals surface area contributed by atoms with E-state index in [9.17, 15) is 18.0 Å². The highest BCUT2D eigenvalue weighted by molar-refractivity contribution is 7.88. The Kier molecular flexibility index (Phi) is 7.67. The van der Waals surface area contributed by atoms with Gasteiger partial charge < -0.3 is 14.4 Å². The maximum absolute atomic E-state index is 12.9. The molecule has 1 amide bonds. The van der Waals surface area contributed by atoms with Gasteiger partial charge in [0.25, 0.3) is 0 Å². The molecule has 0 N–H and O–H groups in total. The quantitative estimate of drug-likeness (QED) is 0.516. The lowest BCUT2D eigenvalue weighted by Crippen LogP contribution is -2.46. The maximum Gasteiger partial charge on any atom is 0.410 e. The summed E-state index contributed by atoms with van der Waals surface area (Å²) in [6.45, 7) is 6.31. The van der Waals surface area contributed by atoms with E-state index in [0.29, 0.717) is 32.4 Å². The first-order valence-electron chi connectivity index (χ1n) is 12.6. The van der Waals surface area contributed by atoms with E-state index in [2.05, 4.69) is 0 Å². The lowest BCUT2D eigenvalue weighted by atomic mass is 9.73. The van der Waals surface area contributed by atoms with Gasteiger partial charge in [0.2, 0.25) is 10.0 Å². The van der Waals surface area contributed by atoms with Crippen LogP contribution in [0, 0.1) is 0 Å². The molecule has 0 saturated carbocycles. The first-order valence-corrected chi connectivity index (χ1v) is 14.5. The first-order chi connectivity index (χ1) is 17.4. The van der Waals surface area contributed by atoms with Gasteiger partial charge in [-0.15, -0.1) is 0 Å². The highest BCUT2D eigenvalue weighted by Crippen LogP contribution is 2.53.